The van der Waals surface area contributed by atoms with Crippen molar-refractivity contribution in [2.45, 2.75) is 38.1 Å². The van der Waals surface area contributed by atoms with Crippen LogP contribution in [0.25, 0.3) is 0 Å². The van der Waals surface area contributed by atoms with E-state index in [1.54, 1.807) is 12.1 Å². The van der Waals surface area contributed by atoms with Crippen LogP contribution in [0.4, 0.5) is 5.69 Å². The summed E-state index contributed by atoms with van der Waals surface area (Å²) in [5, 5.41) is 13.3. The third-order valence-corrected chi connectivity index (χ3v) is 3.98. The summed E-state index contributed by atoms with van der Waals surface area (Å²) in [6.45, 7) is 2.17. The lowest BCUT2D eigenvalue weighted by molar-refractivity contribution is -0.143. The lowest BCUT2D eigenvalue weighted by Crippen LogP contribution is -2.48. The number of carboxylic acid groups (broad SMARTS) is 1. The van der Waals surface area contributed by atoms with Crippen LogP contribution in [0.2, 0.25) is 5.02 Å². The molecule has 2 N–H and O–H groups in total. The van der Waals surface area contributed by atoms with Gasteiger partial charge >= 0.3 is 5.97 Å². The van der Waals surface area contributed by atoms with Crippen LogP contribution >= 0.6 is 11.6 Å². The van der Waals surface area contributed by atoms with Crippen LogP contribution in [0.5, 0.6) is 0 Å². The number of benzene rings is 1. The largest absolute Gasteiger partial charge is 0.480 e. The minimum atomic E-state index is -0.836. The van der Waals surface area contributed by atoms with Gasteiger partial charge in [-0.3, -0.25) is 0 Å². The fourth-order valence-electron chi connectivity index (χ4n) is 2.49. The second-order valence-electron chi connectivity index (χ2n) is 5.21. The lowest BCUT2D eigenvalue weighted by atomic mass is 9.77. The Kier molecular flexibility index (Phi) is 3.81. The molecular weight excluding hydrogens is 250 g/mol. The summed E-state index contributed by atoms with van der Waals surface area (Å²) in [5.41, 5.74) is -0.0588. The normalized spacial score (nSPS) is 27.8. The molecule has 1 aromatic carbocycles. The minimum absolute atomic E-state index is 0.610. The Bertz CT molecular complexity index is 439. The third kappa shape index (κ3) is 2.78. The van der Waals surface area contributed by atoms with E-state index in [4.69, 9.17) is 11.6 Å². The highest BCUT2D eigenvalue weighted by Crippen LogP contribution is 2.35. The molecule has 0 radical (unpaired) electrons. The van der Waals surface area contributed by atoms with Crippen LogP contribution in [0.3, 0.4) is 0 Å². The van der Waals surface area contributed by atoms with Gasteiger partial charge in [0.25, 0.3) is 0 Å². The average Bonchev–Trinajstić information content (AvgIpc) is 2.32. The van der Waals surface area contributed by atoms with Crippen molar-refractivity contribution in [1.29, 1.82) is 0 Å². The molecule has 0 bridgehead atoms. The van der Waals surface area contributed by atoms with Gasteiger partial charge in [-0.05, 0) is 49.8 Å². The first-order valence-electron chi connectivity index (χ1n) is 6.29. The topological polar surface area (TPSA) is 49.3 Å². The van der Waals surface area contributed by atoms with Gasteiger partial charge in [0.1, 0.15) is 5.54 Å². The highest BCUT2D eigenvalue weighted by Gasteiger charge is 2.41. The minimum Gasteiger partial charge on any atom is -0.480 e. The fourth-order valence-corrected chi connectivity index (χ4v) is 2.68. The van der Waals surface area contributed by atoms with Gasteiger partial charge in [0, 0.05) is 10.7 Å². The van der Waals surface area contributed by atoms with Crippen LogP contribution < -0.4 is 5.32 Å². The molecule has 4 heteroatoms. The molecule has 98 valence electrons. The van der Waals surface area contributed by atoms with Crippen molar-refractivity contribution in [3.63, 3.8) is 0 Å². The second-order valence-corrected chi connectivity index (χ2v) is 5.64. The summed E-state index contributed by atoms with van der Waals surface area (Å²) in [6.07, 6.45) is 3.21. The molecule has 0 saturated heterocycles. The molecule has 1 aliphatic rings. The molecule has 0 heterocycles. The summed E-state index contributed by atoms with van der Waals surface area (Å²) in [7, 11) is 0. The molecule has 0 spiro atoms. The summed E-state index contributed by atoms with van der Waals surface area (Å²) in [6, 6.07) is 7.23. The molecule has 0 unspecified atom stereocenters. The molecule has 1 aliphatic carbocycles. The first-order chi connectivity index (χ1) is 8.52. The van der Waals surface area contributed by atoms with Crippen LogP contribution in [-0.2, 0) is 4.79 Å². The van der Waals surface area contributed by atoms with Gasteiger partial charge in [0.05, 0.1) is 0 Å². The van der Waals surface area contributed by atoms with E-state index < -0.39 is 11.5 Å². The van der Waals surface area contributed by atoms with Gasteiger partial charge in [-0.25, -0.2) is 4.79 Å². The zero-order valence-electron chi connectivity index (χ0n) is 10.4. The summed E-state index contributed by atoms with van der Waals surface area (Å²) < 4.78 is 0. The lowest BCUT2D eigenvalue weighted by Gasteiger charge is -2.37. The summed E-state index contributed by atoms with van der Waals surface area (Å²) in [5.74, 6) is -0.159. The van der Waals surface area contributed by atoms with Crippen molar-refractivity contribution < 1.29 is 9.90 Å². The first kappa shape index (κ1) is 13.2. The molecule has 0 amide bonds. The molecule has 18 heavy (non-hydrogen) atoms. The van der Waals surface area contributed by atoms with E-state index in [1.165, 1.54) is 0 Å². The molecule has 0 aliphatic heterocycles. The number of hydrogen-bond acceptors (Lipinski definition) is 2. The van der Waals surface area contributed by atoms with E-state index in [-0.39, 0.29) is 0 Å². The van der Waals surface area contributed by atoms with Gasteiger partial charge in [0.15, 0.2) is 0 Å². The fraction of sp³-hybridized carbons (Fsp3) is 0.500. The van der Waals surface area contributed by atoms with Crippen molar-refractivity contribution in [3.05, 3.63) is 29.3 Å². The van der Waals surface area contributed by atoms with Crippen molar-refractivity contribution in [3.8, 4) is 0 Å². The monoisotopic (exact) mass is 267 g/mol. The maximum atomic E-state index is 11.6. The average molecular weight is 268 g/mol. The second kappa shape index (κ2) is 5.19. The smallest absolute Gasteiger partial charge is 0.329 e. The maximum absolute atomic E-state index is 11.6. The molecule has 0 aromatic heterocycles. The zero-order chi connectivity index (χ0) is 13.2. The van der Waals surface area contributed by atoms with Crippen molar-refractivity contribution in [2.75, 3.05) is 5.32 Å². The van der Waals surface area contributed by atoms with E-state index in [9.17, 15) is 9.90 Å². The van der Waals surface area contributed by atoms with Crippen LogP contribution in [-0.4, -0.2) is 16.6 Å². The molecule has 0 atom stereocenters. The van der Waals surface area contributed by atoms with Crippen LogP contribution in [0.15, 0.2) is 24.3 Å². The van der Waals surface area contributed by atoms with E-state index in [2.05, 4.69) is 12.2 Å². The summed E-state index contributed by atoms with van der Waals surface area (Å²) in [4.78, 5) is 11.6. The highest BCUT2D eigenvalue weighted by molar-refractivity contribution is 6.30. The number of anilines is 1. The Hall–Kier alpha value is -1.22. The Balaban J connectivity index is 2.19. The van der Waals surface area contributed by atoms with Crippen molar-refractivity contribution in [2.24, 2.45) is 5.92 Å². The van der Waals surface area contributed by atoms with E-state index in [1.807, 2.05) is 12.1 Å². The van der Waals surface area contributed by atoms with E-state index in [0.717, 1.165) is 18.5 Å². The SMILES string of the molecule is CC1CCC(Nc2cccc(Cl)c2)(C(=O)O)CC1. The predicted molar refractivity (Wildman–Crippen MR) is 73.1 cm³/mol. The molecular formula is C14H18ClNO2. The quantitative estimate of drug-likeness (QED) is 0.876. The molecule has 1 saturated carbocycles. The standard InChI is InChI=1S/C14H18ClNO2/c1-10-5-7-14(8-6-10,13(17)18)16-12-4-2-3-11(15)9-12/h2-4,9-10,16H,5-8H2,1H3,(H,17,18). The number of rotatable bonds is 3. The van der Waals surface area contributed by atoms with E-state index >= 15 is 0 Å². The Morgan fingerprint density at radius 1 is 1.44 bits per heavy atom. The van der Waals surface area contributed by atoms with Crippen molar-refractivity contribution >= 4 is 23.3 Å². The number of carbonyl (C=O) groups is 1. The number of carboxylic acids is 1. The number of hydrogen-bond donors (Lipinski definition) is 2. The van der Waals surface area contributed by atoms with Gasteiger partial charge in [-0.15, -0.1) is 0 Å². The first-order valence-corrected chi connectivity index (χ1v) is 6.67. The molecule has 3 nitrogen and oxygen atoms in total. The molecule has 1 aromatic rings. The van der Waals surface area contributed by atoms with Gasteiger partial charge < -0.3 is 10.4 Å². The maximum Gasteiger partial charge on any atom is 0.329 e. The number of halogens is 1. The molecule has 2 rings (SSSR count). The Morgan fingerprint density at radius 3 is 2.67 bits per heavy atom. The highest BCUT2D eigenvalue weighted by atomic mass is 35.5. The number of nitrogens with one attached hydrogen (secondary N) is 1. The predicted octanol–water partition coefficient (Wildman–Crippen LogP) is 3.79. The van der Waals surface area contributed by atoms with Crippen molar-refractivity contribution in [1.82, 2.24) is 0 Å². The van der Waals surface area contributed by atoms with Gasteiger partial charge in [-0.1, -0.05) is 24.6 Å². The van der Waals surface area contributed by atoms with Crippen LogP contribution in [0.1, 0.15) is 32.6 Å². The van der Waals surface area contributed by atoms with Gasteiger partial charge in [0.2, 0.25) is 0 Å². The zero-order valence-corrected chi connectivity index (χ0v) is 11.2. The van der Waals surface area contributed by atoms with E-state index in [0.29, 0.717) is 23.8 Å². The summed E-state index contributed by atoms with van der Waals surface area (Å²) >= 11 is 5.92. The Morgan fingerprint density at radius 2 is 2.11 bits per heavy atom. The third-order valence-electron chi connectivity index (χ3n) is 3.75. The van der Waals surface area contributed by atoms with Crippen LogP contribution in [0, 0.1) is 5.92 Å². The number of aliphatic carboxylic acids is 1. The molecule has 1 fully saturated rings. The van der Waals surface area contributed by atoms with Gasteiger partial charge in [-0.2, -0.15) is 0 Å². The Labute approximate surface area is 112 Å².